The summed E-state index contributed by atoms with van der Waals surface area (Å²) in [7, 11) is 0. The van der Waals surface area contributed by atoms with E-state index in [1.807, 2.05) is 30.3 Å². The maximum Gasteiger partial charge on any atom is 0.124 e. The van der Waals surface area contributed by atoms with Crippen LogP contribution in [0.25, 0.3) is 0 Å². The van der Waals surface area contributed by atoms with Crippen LogP contribution in [0.4, 0.5) is 4.39 Å². The molecule has 94 valence electrons. The van der Waals surface area contributed by atoms with Gasteiger partial charge in [-0.25, -0.2) is 4.39 Å². The van der Waals surface area contributed by atoms with Gasteiger partial charge >= 0.3 is 0 Å². The first-order valence-corrected chi connectivity index (χ1v) is 7.48. The highest BCUT2D eigenvalue weighted by molar-refractivity contribution is 9.10. The highest BCUT2D eigenvalue weighted by Gasteiger charge is 2.11. The molecule has 2 rings (SSSR count). The number of hydrogen-bond donors (Lipinski definition) is 0. The van der Waals surface area contributed by atoms with E-state index in [0.717, 1.165) is 22.0 Å². The molecule has 0 heterocycles. The predicted octanol–water partition coefficient (Wildman–Crippen LogP) is 5.92. The van der Waals surface area contributed by atoms with Crippen LogP contribution in [0.15, 0.2) is 46.9 Å². The quantitative estimate of drug-likeness (QED) is 0.569. The molecule has 0 fully saturated rings. The van der Waals surface area contributed by atoms with Crippen molar-refractivity contribution in [2.45, 2.75) is 11.2 Å². The Morgan fingerprint density at radius 1 is 1.17 bits per heavy atom. The molecule has 0 radical (unpaired) electrons. The Hall–Kier alpha value is -0.380. The maximum atomic E-state index is 13.3. The van der Waals surface area contributed by atoms with Crippen molar-refractivity contribution in [3.8, 4) is 0 Å². The van der Waals surface area contributed by atoms with Gasteiger partial charge in [-0.1, -0.05) is 55.6 Å². The summed E-state index contributed by atoms with van der Waals surface area (Å²) in [6.45, 7) is 0. The van der Waals surface area contributed by atoms with Crippen molar-refractivity contribution < 1.29 is 4.39 Å². The molecular formula is C14H10Br2ClF. The van der Waals surface area contributed by atoms with Crippen molar-refractivity contribution in [2.24, 2.45) is 0 Å². The fourth-order valence-electron chi connectivity index (χ4n) is 1.74. The zero-order chi connectivity index (χ0) is 13.1. The van der Waals surface area contributed by atoms with Crippen LogP contribution in [0.1, 0.15) is 16.0 Å². The van der Waals surface area contributed by atoms with Crippen LogP contribution in [-0.4, -0.2) is 0 Å². The summed E-state index contributed by atoms with van der Waals surface area (Å²) in [5, 5.41) is 0.715. The highest BCUT2D eigenvalue weighted by Crippen LogP contribution is 2.30. The van der Waals surface area contributed by atoms with Gasteiger partial charge in [-0.3, -0.25) is 0 Å². The van der Waals surface area contributed by atoms with Gasteiger partial charge in [0.05, 0.1) is 0 Å². The van der Waals surface area contributed by atoms with Crippen LogP contribution in [0.2, 0.25) is 5.02 Å². The second-order valence-corrected chi connectivity index (χ2v) is 6.46. The minimum Gasteiger partial charge on any atom is -0.207 e. The van der Waals surface area contributed by atoms with E-state index < -0.39 is 0 Å². The van der Waals surface area contributed by atoms with E-state index >= 15 is 0 Å². The molecule has 0 aliphatic carbocycles. The minimum atomic E-state index is -0.241. The summed E-state index contributed by atoms with van der Waals surface area (Å²) in [4.78, 5) is 0.0583. The molecule has 0 N–H and O–H groups in total. The molecule has 1 unspecified atom stereocenters. The summed E-state index contributed by atoms with van der Waals surface area (Å²) in [6.07, 6.45) is 0.760. The van der Waals surface area contributed by atoms with Crippen molar-refractivity contribution >= 4 is 43.5 Å². The monoisotopic (exact) mass is 390 g/mol. The summed E-state index contributed by atoms with van der Waals surface area (Å²) < 4.78 is 14.1. The van der Waals surface area contributed by atoms with E-state index in [2.05, 4.69) is 31.9 Å². The zero-order valence-corrected chi connectivity index (χ0v) is 13.3. The van der Waals surface area contributed by atoms with Gasteiger partial charge in [0.1, 0.15) is 5.82 Å². The second-order valence-electron chi connectivity index (χ2n) is 4.00. The standard InChI is InChI=1S/C14H10Br2ClF/c15-11-6-10(7-13(18)8-11)14(16)5-9-2-1-3-12(17)4-9/h1-4,6-8,14H,5H2. The smallest absolute Gasteiger partial charge is 0.124 e. The molecule has 1 atom stereocenters. The fourth-order valence-corrected chi connectivity index (χ4v) is 3.08. The lowest BCUT2D eigenvalue weighted by molar-refractivity contribution is 0.624. The van der Waals surface area contributed by atoms with E-state index in [0.29, 0.717) is 5.02 Å². The van der Waals surface area contributed by atoms with Gasteiger partial charge in [0.25, 0.3) is 0 Å². The summed E-state index contributed by atoms with van der Waals surface area (Å²) >= 11 is 12.8. The molecule has 0 aliphatic rings. The molecule has 18 heavy (non-hydrogen) atoms. The van der Waals surface area contributed by atoms with Crippen molar-refractivity contribution in [3.63, 3.8) is 0 Å². The molecule has 4 heteroatoms. The predicted molar refractivity (Wildman–Crippen MR) is 80.9 cm³/mol. The van der Waals surface area contributed by atoms with Crippen LogP contribution >= 0.6 is 43.5 Å². The fraction of sp³-hybridized carbons (Fsp3) is 0.143. The lowest BCUT2D eigenvalue weighted by atomic mass is 10.0. The van der Waals surface area contributed by atoms with Crippen molar-refractivity contribution in [3.05, 3.63) is 68.9 Å². The lowest BCUT2D eigenvalue weighted by Gasteiger charge is -2.11. The Morgan fingerprint density at radius 2 is 1.94 bits per heavy atom. The van der Waals surface area contributed by atoms with Crippen molar-refractivity contribution in [2.75, 3.05) is 0 Å². The molecule has 2 aromatic rings. The third kappa shape index (κ3) is 3.81. The number of hydrogen-bond acceptors (Lipinski definition) is 0. The van der Waals surface area contributed by atoms with E-state index in [9.17, 15) is 4.39 Å². The Kier molecular flexibility index (Phi) is 4.82. The maximum absolute atomic E-state index is 13.3. The third-order valence-electron chi connectivity index (χ3n) is 2.55. The number of rotatable bonds is 3. The number of benzene rings is 2. The SMILES string of the molecule is Fc1cc(Br)cc(C(Br)Cc2cccc(Cl)c2)c1. The minimum absolute atomic E-state index is 0.0583. The van der Waals surface area contributed by atoms with Gasteiger partial charge in [-0.2, -0.15) is 0 Å². The first-order valence-electron chi connectivity index (χ1n) is 5.39. The number of halogens is 4. The van der Waals surface area contributed by atoms with E-state index in [-0.39, 0.29) is 10.6 Å². The Labute approximate surface area is 127 Å². The molecule has 0 aliphatic heterocycles. The Morgan fingerprint density at radius 3 is 2.61 bits per heavy atom. The molecule has 0 bridgehead atoms. The first-order chi connectivity index (χ1) is 8.54. The lowest BCUT2D eigenvalue weighted by Crippen LogP contribution is -1.96. The second kappa shape index (κ2) is 6.18. The van der Waals surface area contributed by atoms with Gasteiger partial charge in [0.2, 0.25) is 0 Å². The van der Waals surface area contributed by atoms with Gasteiger partial charge in [-0.05, 0) is 47.9 Å². The van der Waals surface area contributed by atoms with Crippen molar-refractivity contribution in [1.82, 2.24) is 0 Å². The molecule has 0 saturated carbocycles. The summed E-state index contributed by atoms with van der Waals surface area (Å²) in [5.41, 5.74) is 2.02. The molecule has 2 aromatic carbocycles. The normalized spacial score (nSPS) is 12.4. The highest BCUT2D eigenvalue weighted by atomic mass is 79.9. The molecule has 0 spiro atoms. The van der Waals surface area contributed by atoms with Crippen LogP contribution in [-0.2, 0) is 6.42 Å². The van der Waals surface area contributed by atoms with E-state index in [4.69, 9.17) is 11.6 Å². The average Bonchev–Trinajstić information content (AvgIpc) is 2.27. The first kappa shape index (κ1) is 14.0. The van der Waals surface area contributed by atoms with Crippen LogP contribution < -0.4 is 0 Å². The molecular weight excluding hydrogens is 382 g/mol. The molecule has 0 amide bonds. The zero-order valence-electron chi connectivity index (χ0n) is 9.34. The largest absolute Gasteiger partial charge is 0.207 e. The van der Waals surface area contributed by atoms with Crippen molar-refractivity contribution in [1.29, 1.82) is 0 Å². The van der Waals surface area contributed by atoms with Crippen LogP contribution in [0, 0.1) is 5.82 Å². The summed E-state index contributed by atoms with van der Waals surface area (Å²) in [6, 6.07) is 12.6. The van der Waals surface area contributed by atoms with Gasteiger partial charge in [-0.15, -0.1) is 0 Å². The number of alkyl halides is 1. The van der Waals surface area contributed by atoms with Gasteiger partial charge < -0.3 is 0 Å². The van der Waals surface area contributed by atoms with Gasteiger partial charge in [0, 0.05) is 14.3 Å². The van der Waals surface area contributed by atoms with Crippen LogP contribution in [0.5, 0.6) is 0 Å². The topological polar surface area (TPSA) is 0 Å². The van der Waals surface area contributed by atoms with E-state index in [1.165, 1.54) is 12.1 Å². The van der Waals surface area contributed by atoms with Crippen LogP contribution in [0.3, 0.4) is 0 Å². The average molecular weight is 392 g/mol. The molecule has 0 nitrogen and oxygen atoms in total. The Bertz CT molecular complexity index is 537. The molecule has 0 aromatic heterocycles. The van der Waals surface area contributed by atoms with Gasteiger partial charge in [0.15, 0.2) is 0 Å². The Balaban J connectivity index is 2.19. The van der Waals surface area contributed by atoms with E-state index in [1.54, 1.807) is 0 Å². The molecule has 0 saturated heterocycles. The summed E-state index contributed by atoms with van der Waals surface area (Å²) in [5.74, 6) is -0.241. The third-order valence-corrected chi connectivity index (χ3v) is 4.10.